The fraction of sp³-hybridized carbons (Fsp3) is 0.133. The highest BCUT2D eigenvalue weighted by molar-refractivity contribution is 7.98. The monoisotopic (exact) mass is 278 g/mol. The van der Waals surface area contributed by atoms with Crippen LogP contribution in [0, 0.1) is 11.6 Å². The van der Waals surface area contributed by atoms with E-state index in [1.807, 2.05) is 0 Å². The average molecular weight is 278 g/mol. The third-order valence-corrected chi connectivity index (χ3v) is 3.72. The van der Waals surface area contributed by atoms with Crippen LogP contribution in [0.25, 0.3) is 0 Å². The Morgan fingerprint density at radius 3 is 2.42 bits per heavy atom. The number of carbonyl (C=O) groups excluding carboxylic acids is 1. The van der Waals surface area contributed by atoms with Crippen LogP contribution in [0.5, 0.6) is 0 Å². The summed E-state index contributed by atoms with van der Waals surface area (Å²) in [5, 5.41) is 0. The molecule has 2 aromatic rings. The Kier molecular flexibility index (Phi) is 4.32. The van der Waals surface area contributed by atoms with E-state index in [0.29, 0.717) is 16.9 Å². The summed E-state index contributed by atoms with van der Waals surface area (Å²) in [7, 11) is 0. The van der Waals surface area contributed by atoms with Gasteiger partial charge in [-0.05, 0) is 37.3 Å². The summed E-state index contributed by atoms with van der Waals surface area (Å²) in [5.74, 6) is -0.492. The van der Waals surface area contributed by atoms with Crippen molar-refractivity contribution in [1.29, 1.82) is 0 Å². The number of hydrogen-bond donors (Lipinski definition) is 0. The Bertz CT molecular complexity index is 594. The first-order valence-corrected chi connectivity index (χ1v) is 6.72. The number of benzene rings is 2. The van der Waals surface area contributed by atoms with Crippen molar-refractivity contribution < 1.29 is 13.6 Å². The van der Waals surface area contributed by atoms with Crippen molar-refractivity contribution in [2.45, 2.75) is 17.6 Å². The molecule has 98 valence electrons. The molecule has 0 heterocycles. The van der Waals surface area contributed by atoms with Crippen molar-refractivity contribution in [2.75, 3.05) is 0 Å². The lowest BCUT2D eigenvalue weighted by Gasteiger charge is -2.04. The molecular weight excluding hydrogens is 266 g/mol. The van der Waals surface area contributed by atoms with Crippen LogP contribution < -0.4 is 0 Å². The third kappa shape index (κ3) is 3.64. The second-order valence-corrected chi connectivity index (χ2v) is 5.15. The Morgan fingerprint density at radius 1 is 1.11 bits per heavy atom. The van der Waals surface area contributed by atoms with Crippen molar-refractivity contribution in [3.63, 3.8) is 0 Å². The van der Waals surface area contributed by atoms with Gasteiger partial charge in [-0.2, -0.15) is 0 Å². The Labute approximate surface area is 114 Å². The van der Waals surface area contributed by atoms with E-state index in [9.17, 15) is 13.6 Å². The van der Waals surface area contributed by atoms with Crippen LogP contribution in [-0.2, 0) is 5.75 Å². The summed E-state index contributed by atoms with van der Waals surface area (Å²) in [6, 6.07) is 10.5. The fourth-order valence-corrected chi connectivity index (χ4v) is 2.47. The van der Waals surface area contributed by atoms with Gasteiger partial charge in [-0.1, -0.05) is 12.1 Å². The van der Waals surface area contributed by atoms with Crippen molar-refractivity contribution in [3.8, 4) is 0 Å². The highest BCUT2D eigenvalue weighted by Crippen LogP contribution is 2.24. The second-order valence-electron chi connectivity index (χ2n) is 4.10. The van der Waals surface area contributed by atoms with Crippen molar-refractivity contribution in [2.24, 2.45) is 0 Å². The first-order valence-electron chi connectivity index (χ1n) is 5.74. The predicted molar refractivity (Wildman–Crippen MR) is 72.4 cm³/mol. The maximum atomic E-state index is 13.4. The summed E-state index contributed by atoms with van der Waals surface area (Å²) in [6.45, 7) is 1.50. The standard InChI is InChI=1S/C15H12F2OS/c1-10(18)11-2-5-14(6-3-11)19-9-12-8-13(16)4-7-15(12)17/h2-8H,9H2,1H3. The first kappa shape index (κ1) is 13.7. The molecule has 0 amide bonds. The number of rotatable bonds is 4. The van der Waals surface area contributed by atoms with Crippen LogP contribution in [0.2, 0.25) is 0 Å². The van der Waals surface area contributed by atoms with Crippen LogP contribution in [0.15, 0.2) is 47.4 Å². The van der Waals surface area contributed by atoms with Gasteiger partial charge < -0.3 is 0 Å². The van der Waals surface area contributed by atoms with Gasteiger partial charge in [-0.3, -0.25) is 4.79 Å². The Balaban J connectivity index is 2.06. The van der Waals surface area contributed by atoms with E-state index in [0.717, 1.165) is 17.0 Å². The zero-order valence-electron chi connectivity index (χ0n) is 10.3. The maximum absolute atomic E-state index is 13.4. The Hall–Kier alpha value is -1.68. The SMILES string of the molecule is CC(=O)c1ccc(SCc2cc(F)ccc2F)cc1. The molecule has 0 aliphatic rings. The lowest BCUT2D eigenvalue weighted by atomic mass is 10.2. The molecule has 19 heavy (non-hydrogen) atoms. The van der Waals surface area contributed by atoms with Gasteiger partial charge in [0.05, 0.1) is 0 Å². The quantitative estimate of drug-likeness (QED) is 0.606. The van der Waals surface area contributed by atoms with Gasteiger partial charge >= 0.3 is 0 Å². The number of thioether (sulfide) groups is 1. The van der Waals surface area contributed by atoms with E-state index in [2.05, 4.69) is 0 Å². The summed E-state index contributed by atoms with van der Waals surface area (Å²) in [6.07, 6.45) is 0. The summed E-state index contributed by atoms with van der Waals surface area (Å²) in [5.41, 5.74) is 0.974. The molecule has 2 rings (SSSR count). The molecule has 2 aromatic carbocycles. The minimum absolute atomic E-state index is 0.00715. The molecule has 0 unspecified atom stereocenters. The van der Waals surface area contributed by atoms with Gasteiger partial charge in [0.1, 0.15) is 11.6 Å². The van der Waals surface area contributed by atoms with Crippen LogP contribution in [-0.4, -0.2) is 5.78 Å². The van der Waals surface area contributed by atoms with Gasteiger partial charge in [-0.25, -0.2) is 8.78 Å². The van der Waals surface area contributed by atoms with Crippen LogP contribution in [0.4, 0.5) is 8.78 Å². The molecule has 0 saturated carbocycles. The summed E-state index contributed by atoms with van der Waals surface area (Å²) in [4.78, 5) is 12.0. The van der Waals surface area contributed by atoms with Crippen molar-refractivity contribution in [1.82, 2.24) is 0 Å². The lowest BCUT2D eigenvalue weighted by Crippen LogP contribution is -1.91. The molecule has 0 spiro atoms. The minimum atomic E-state index is -0.441. The highest BCUT2D eigenvalue weighted by atomic mass is 32.2. The smallest absolute Gasteiger partial charge is 0.159 e. The topological polar surface area (TPSA) is 17.1 Å². The number of hydrogen-bond acceptors (Lipinski definition) is 2. The number of halogens is 2. The molecular formula is C15H12F2OS. The van der Waals surface area contributed by atoms with E-state index >= 15 is 0 Å². The lowest BCUT2D eigenvalue weighted by molar-refractivity contribution is 0.101. The Morgan fingerprint density at radius 2 is 1.79 bits per heavy atom. The van der Waals surface area contributed by atoms with Crippen LogP contribution in [0.3, 0.4) is 0 Å². The number of carbonyl (C=O) groups is 1. The normalized spacial score (nSPS) is 10.5. The highest BCUT2D eigenvalue weighted by Gasteiger charge is 2.05. The van der Waals surface area contributed by atoms with Gasteiger partial charge in [0.25, 0.3) is 0 Å². The van der Waals surface area contributed by atoms with Gasteiger partial charge in [0, 0.05) is 21.8 Å². The van der Waals surface area contributed by atoms with Crippen LogP contribution >= 0.6 is 11.8 Å². The number of ketones is 1. The molecule has 0 saturated heterocycles. The van der Waals surface area contributed by atoms with E-state index < -0.39 is 11.6 Å². The van der Waals surface area contributed by atoms with Crippen LogP contribution in [0.1, 0.15) is 22.8 Å². The van der Waals surface area contributed by atoms with E-state index in [-0.39, 0.29) is 5.78 Å². The molecule has 0 radical (unpaired) electrons. The van der Waals surface area contributed by atoms with E-state index in [4.69, 9.17) is 0 Å². The average Bonchev–Trinajstić information content (AvgIpc) is 2.40. The molecule has 1 nitrogen and oxygen atoms in total. The first-order chi connectivity index (χ1) is 9.06. The second kappa shape index (κ2) is 5.97. The molecule has 0 aliphatic carbocycles. The molecule has 0 aromatic heterocycles. The number of Topliss-reactive ketones (excluding diaryl/α,β-unsaturated/α-hetero) is 1. The van der Waals surface area contributed by atoms with E-state index in [1.165, 1.54) is 24.8 Å². The molecule has 0 fully saturated rings. The minimum Gasteiger partial charge on any atom is -0.295 e. The molecule has 4 heteroatoms. The third-order valence-electron chi connectivity index (χ3n) is 2.66. The van der Waals surface area contributed by atoms with Crippen molar-refractivity contribution >= 4 is 17.5 Å². The fourth-order valence-electron chi connectivity index (χ4n) is 1.60. The zero-order valence-corrected chi connectivity index (χ0v) is 11.1. The van der Waals surface area contributed by atoms with Gasteiger partial charge in [0.15, 0.2) is 5.78 Å². The summed E-state index contributed by atoms with van der Waals surface area (Å²) < 4.78 is 26.4. The predicted octanol–water partition coefficient (Wildman–Crippen LogP) is 4.46. The molecule has 0 bridgehead atoms. The van der Waals surface area contributed by atoms with Crippen molar-refractivity contribution in [3.05, 3.63) is 65.2 Å². The maximum Gasteiger partial charge on any atom is 0.159 e. The molecule has 0 atom stereocenters. The van der Waals surface area contributed by atoms with Gasteiger partial charge in [-0.15, -0.1) is 11.8 Å². The largest absolute Gasteiger partial charge is 0.295 e. The molecule has 0 N–H and O–H groups in total. The summed E-state index contributed by atoms with van der Waals surface area (Å²) >= 11 is 1.40. The molecule has 0 aliphatic heterocycles. The van der Waals surface area contributed by atoms with E-state index in [1.54, 1.807) is 24.3 Å². The zero-order chi connectivity index (χ0) is 13.8. The van der Waals surface area contributed by atoms with Gasteiger partial charge in [0.2, 0.25) is 0 Å².